The van der Waals surface area contributed by atoms with Gasteiger partial charge in [-0.05, 0) is 46.5 Å². The molecule has 19 heavy (non-hydrogen) atoms. The van der Waals surface area contributed by atoms with Crippen LogP contribution in [0.25, 0.3) is 0 Å². The van der Waals surface area contributed by atoms with Gasteiger partial charge in [0.25, 0.3) is 0 Å². The van der Waals surface area contributed by atoms with E-state index in [4.69, 9.17) is 14.0 Å². The molecular formula is C13H23BNO4. The smallest absolute Gasteiger partial charge is 0.444 e. The van der Waals surface area contributed by atoms with Crippen molar-refractivity contribution in [1.82, 2.24) is 4.90 Å². The molecular weight excluding hydrogens is 245 g/mol. The number of ether oxygens (including phenoxy) is 1. The van der Waals surface area contributed by atoms with Crippen LogP contribution in [0.3, 0.4) is 0 Å². The van der Waals surface area contributed by atoms with Gasteiger partial charge < -0.3 is 18.9 Å². The number of amides is 1. The van der Waals surface area contributed by atoms with E-state index in [1.165, 1.54) is 7.69 Å². The van der Waals surface area contributed by atoms with Crippen LogP contribution in [0.15, 0.2) is 0 Å². The minimum atomic E-state index is -0.431. The predicted octanol–water partition coefficient (Wildman–Crippen LogP) is 1.97. The van der Waals surface area contributed by atoms with E-state index < -0.39 is 5.60 Å². The van der Waals surface area contributed by atoms with E-state index in [1.54, 1.807) is 4.90 Å². The van der Waals surface area contributed by atoms with E-state index in [-0.39, 0.29) is 18.3 Å². The molecule has 0 N–H and O–H groups in total. The van der Waals surface area contributed by atoms with Gasteiger partial charge in [0.05, 0.1) is 12.2 Å². The summed E-state index contributed by atoms with van der Waals surface area (Å²) in [5, 5.41) is 0. The molecule has 0 aromatic carbocycles. The van der Waals surface area contributed by atoms with Crippen molar-refractivity contribution in [2.24, 2.45) is 5.92 Å². The third-order valence-corrected chi connectivity index (χ3v) is 3.60. The topological polar surface area (TPSA) is 48.0 Å². The zero-order valence-corrected chi connectivity index (χ0v) is 12.2. The van der Waals surface area contributed by atoms with Crippen LogP contribution in [-0.2, 0) is 14.0 Å². The number of likely N-dealkylation sites (tertiary alicyclic amines) is 1. The Morgan fingerprint density at radius 1 is 1.26 bits per heavy atom. The summed E-state index contributed by atoms with van der Waals surface area (Å²) in [5.74, 6) is 0.451. The van der Waals surface area contributed by atoms with Crippen molar-refractivity contribution in [3.8, 4) is 0 Å². The molecule has 1 radical (unpaired) electrons. The lowest BCUT2D eigenvalue weighted by atomic mass is 9.89. The fourth-order valence-electron chi connectivity index (χ4n) is 2.60. The second-order valence-corrected chi connectivity index (χ2v) is 6.34. The molecule has 2 saturated heterocycles. The highest BCUT2D eigenvalue weighted by Crippen LogP contribution is 2.28. The van der Waals surface area contributed by atoms with E-state index >= 15 is 0 Å². The Bertz CT molecular complexity index is 323. The summed E-state index contributed by atoms with van der Waals surface area (Å²) in [6.07, 6.45) is 1.89. The zero-order valence-electron chi connectivity index (χ0n) is 12.2. The van der Waals surface area contributed by atoms with Gasteiger partial charge in [-0.3, -0.25) is 0 Å². The first-order valence-corrected chi connectivity index (χ1v) is 6.97. The number of carbonyl (C=O) groups excluding carboxylic acids is 1. The minimum Gasteiger partial charge on any atom is -0.444 e. The van der Waals surface area contributed by atoms with E-state index in [2.05, 4.69) is 0 Å². The maximum absolute atomic E-state index is 11.9. The van der Waals surface area contributed by atoms with Crippen LogP contribution < -0.4 is 0 Å². The Hall–Kier alpha value is -0.745. The van der Waals surface area contributed by atoms with Crippen LogP contribution in [0.1, 0.15) is 40.5 Å². The molecule has 5 nitrogen and oxygen atoms in total. The van der Waals surface area contributed by atoms with Gasteiger partial charge in [-0.25, -0.2) is 4.79 Å². The molecule has 2 unspecified atom stereocenters. The number of nitrogens with zero attached hydrogens (tertiary/aromatic N) is 1. The van der Waals surface area contributed by atoms with Crippen molar-refractivity contribution in [2.75, 3.05) is 13.1 Å². The maximum atomic E-state index is 11.9. The molecule has 107 valence electrons. The van der Waals surface area contributed by atoms with Gasteiger partial charge in [0.2, 0.25) is 0 Å². The van der Waals surface area contributed by atoms with Crippen molar-refractivity contribution in [2.45, 2.75) is 58.3 Å². The first-order valence-electron chi connectivity index (χ1n) is 6.97. The van der Waals surface area contributed by atoms with Crippen LogP contribution in [0, 0.1) is 5.92 Å². The standard InChI is InChI=1S/C13H23BNO4/c1-9-11(19-14-18-9)10-5-7-15(8-6-10)12(16)17-13(2,3)4/h9-11H,5-8H2,1-4H3. The molecule has 2 rings (SSSR count). The first kappa shape index (κ1) is 14.7. The molecule has 6 heteroatoms. The average molecular weight is 268 g/mol. The molecule has 0 aromatic rings. The molecule has 1 amide bonds. The van der Waals surface area contributed by atoms with Crippen LogP contribution in [-0.4, -0.2) is 49.6 Å². The number of hydrogen-bond acceptors (Lipinski definition) is 4. The normalized spacial score (nSPS) is 29.2. The number of carbonyl (C=O) groups is 1. The highest BCUT2D eigenvalue weighted by Gasteiger charge is 2.36. The van der Waals surface area contributed by atoms with Gasteiger partial charge in [-0.1, -0.05) is 0 Å². The molecule has 0 spiro atoms. The predicted molar refractivity (Wildman–Crippen MR) is 71.7 cm³/mol. The summed E-state index contributed by atoms with van der Waals surface area (Å²) in [7, 11) is 1.44. The fourth-order valence-corrected chi connectivity index (χ4v) is 2.60. The number of hydrogen-bond donors (Lipinski definition) is 0. The lowest BCUT2D eigenvalue weighted by molar-refractivity contribution is 0.00905. The molecule has 0 aliphatic carbocycles. The average Bonchev–Trinajstić information content (AvgIpc) is 2.73. The quantitative estimate of drug-likeness (QED) is 0.682. The summed E-state index contributed by atoms with van der Waals surface area (Å²) in [4.78, 5) is 13.7. The van der Waals surface area contributed by atoms with Gasteiger partial charge in [0, 0.05) is 13.1 Å². The van der Waals surface area contributed by atoms with Crippen LogP contribution in [0.4, 0.5) is 4.79 Å². The van der Waals surface area contributed by atoms with Crippen molar-refractivity contribution >= 4 is 13.8 Å². The lowest BCUT2D eigenvalue weighted by Crippen LogP contribution is -2.44. The maximum Gasteiger partial charge on any atom is 0.488 e. The summed E-state index contributed by atoms with van der Waals surface area (Å²) in [6, 6.07) is 0. The van der Waals surface area contributed by atoms with Gasteiger partial charge in [-0.15, -0.1) is 0 Å². The summed E-state index contributed by atoms with van der Waals surface area (Å²) >= 11 is 0. The Labute approximate surface area is 115 Å². The highest BCUT2D eigenvalue weighted by atomic mass is 16.6. The van der Waals surface area contributed by atoms with Crippen LogP contribution in [0.5, 0.6) is 0 Å². The van der Waals surface area contributed by atoms with Crippen molar-refractivity contribution < 1.29 is 18.8 Å². The Morgan fingerprint density at radius 3 is 2.37 bits per heavy atom. The van der Waals surface area contributed by atoms with Gasteiger partial charge >= 0.3 is 13.8 Å². The van der Waals surface area contributed by atoms with E-state index in [1.807, 2.05) is 27.7 Å². The Morgan fingerprint density at radius 2 is 1.89 bits per heavy atom. The molecule has 2 atom stereocenters. The molecule has 0 bridgehead atoms. The van der Waals surface area contributed by atoms with Crippen molar-refractivity contribution in [3.63, 3.8) is 0 Å². The summed E-state index contributed by atoms with van der Waals surface area (Å²) in [6.45, 7) is 9.14. The van der Waals surface area contributed by atoms with E-state index in [0.717, 1.165) is 25.9 Å². The SMILES string of the molecule is CC1O[B]OC1C1CCN(C(=O)OC(C)(C)C)CC1. The Balaban J connectivity index is 1.80. The molecule has 2 aliphatic heterocycles. The van der Waals surface area contributed by atoms with Crippen LogP contribution in [0.2, 0.25) is 0 Å². The lowest BCUT2D eigenvalue weighted by Gasteiger charge is -2.36. The minimum absolute atomic E-state index is 0.109. The third-order valence-electron chi connectivity index (χ3n) is 3.60. The second kappa shape index (κ2) is 5.71. The number of rotatable bonds is 1. The molecule has 0 aromatic heterocycles. The molecule has 2 heterocycles. The molecule has 0 saturated carbocycles. The monoisotopic (exact) mass is 268 g/mol. The molecule has 2 fully saturated rings. The van der Waals surface area contributed by atoms with Crippen molar-refractivity contribution in [1.29, 1.82) is 0 Å². The van der Waals surface area contributed by atoms with E-state index in [0.29, 0.717) is 5.92 Å². The third kappa shape index (κ3) is 3.86. The van der Waals surface area contributed by atoms with Gasteiger partial charge in [-0.2, -0.15) is 0 Å². The zero-order chi connectivity index (χ0) is 14.0. The first-order chi connectivity index (χ1) is 8.87. The fraction of sp³-hybridized carbons (Fsp3) is 0.923. The molecule has 2 aliphatic rings. The van der Waals surface area contributed by atoms with Gasteiger partial charge in [0.15, 0.2) is 0 Å². The highest BCUT2D eigenvalue weighted by molar-refractivity contribution is 6.19. The van der Waals surface area contributed by atoms with Crippen LogP contribution >= 0.6 is 0 Å². The van der Waals surface area contributed by atoms with E-state index in [9.17, 15) is 4.79 Å². The number of piperidine rings is 1. The Kier molecular flexibility index (Phi) is 4.41. The van der Waals surface area contributed by atoms with Crippen molar-refractivity contribution in [3.05, 3.63) is 0 Å². The van der Waals surface area contributed by atoms with Gasteiger partial charge in [0.1, 0.15) is 5.60 Å². The summed E-state index contributed by atoms with van der Waals surface area (Å²) in [5.41, 5.74) is -0.431. The largest absolute Gasteiger partial charge is 0.488 e. The summed E-state index contributed by atoms with van der Waals surface area (Å²) < 4.78 is 16.2. The second-order valence-electron chi connectivity index (χ2n) is 6.34.